The maximum Gasteiger partial charge on any atom is 0.573 e. The molecule has 2 rings (SSSR count). The Morgan fingerprint density at radius 2 is 1.52 bits per heavy atom. The number of nitrogens with two attached hydrogens (primary N) is 1. The van der Waals surface area contributed by atoms with Crippen molar-refractivity contribution in [3.05, 3.63) is 59.7 Å². The van der Waals surface area contributed by atoms with E-state index in [0.29, 0.717) is 0 Å². The van der Waals surface area contributed by atoms with Gasteiger partial charge in [-0.15, -0.1) is 37.3 Å². The van der Waals surface area contributed by atoms with E-state index >= 15 is 0 Å². The summed E-state index contributed by atoms with van der Waals surface area (Å²) in [5.74, 6) is -0.254. The molecule has 0 radical (unpaired) electrons. The molecule has 0 saturated carbocycles. The topological polar surface area (TPSA) is 35.2 Å². The fourth-order valence-electron chi connectivity index (χ4n) is 2.22. The number of ether oxygens (including phenoxy) is 1. The summed E-state index contributed by atoms with van der Waals surface area (Å²) in [7, 11) is 0. The minimum Gasteiger partial charge on any atom is -0.406 e. The molecule has 0 unspecified atom stereocenters. The Labute approximate surface area is 156 Å². The van der Waals surface area contributed by atoms with Crippen molar-refractivity contribution >= 4 is 24.2 Å². The van der Waals surface area contributed by atoms with Crippen LogP contribution < -0.4 is 10.5 Å². The van der Waals surface area contributed by atoms with Gasteiger partial charge in [-0.3, -0.25) is 0 Å². The summed E-state index contributed by atoms with van der Waals surface area (Å²) in [5, 5.41) is 0. The van der Waals surface area contributed by atoms with Crippen LogP contribution in [-0.2, 0) is 0 Å². The van der Waals surface area contributed by atoms with Crippen LogP contribution in [-0.4, -0.2) is 11.1 Å². The Morgan fingerprint density at radius 1 is 0.960 bits per heavy atom. The molecule has 0 spiro atoms. The number of rotatable bonds is 4. The quantitative estimate of drug-likeness (QED) is 0.654. The first-order valence-electron chi connectivity index (χ1n) is 7.44. The lowest BCUT2D eigenvalue weighted by Gasteiger charge is -2.22. The summed E-state index contributed by atoms with van der Waals surface area (Å²) < 4.78 is 40.6. The lowest BCUT2D eigenvalue weighted by molar-refractivity contribution is -0.274. The highest BCUT2D eigenvalue weighted by atomic mass is 35.5. The molecule has 0 fully saturated rings. The summed E-state index contributed by atoms with van der Waals surface area (Å²) in [4.78, 5) is 1.06. The second kappa shape index (κ2) is 8.34. The van der Waals surface area contributed by atoms with Crippen LogP contribution in [0.25, 0.3) is 0 Å². The van der Waals surface area contributed by atoms with Crippen molar-refractivity contribution in [1.82, 2.24) is 0 Å². The van der Waals surface area contributed by atoms with Crippen LogP contribution in [0, 0.1) is 0 Å². The molecule has 2 nitrogen and oxygen atoms in total. The molecule has 0 aliphatic rings. The Kier molecular flexibility index (Phi) is 7.23. The zero-order valence-electron chi connectivity index (χ0n) is 14.1. The van der Waals surface area contributed by atoms with Gasteiger partial charge in [0.05, 0.1) is 6.04 Å². The zero-order valence-corrected chi connectivity index (χ0v) is 15.8. The molecule has 1 atom stereocenters. The van der Waals surface area contributed by atoms with Gasteiger partial charge in [-0.1, -0.05) is 51.1 Å². The van der Waals surface area contributed by atoms with Gasteiger partial charge >= 0.3 is 6.36 Å². The minimum absolute atomic E-state index is 0. The molecule has 25 heavy (non-hydrogen) atoms. The van der Waals surface area contributed by atoms with Gasteiger partial charge in [0.2, 0.25) is 0 Å². The highest BCUT2D eigenvalue weighted by Gasteiger charge is 2.31. The Morgan fingerprint density at radius 3 is 2.04 bits per heavy atom. The molecule has 0 saturated heterocycles. The summed E-state index contributed by atoms with van der Waals surface area (Å²) >= 11 is 1.71. The number of alkyl halides is 3. The van der Waals surface area contributed by atoms with E-state index in [9.17, 15) is 13.2 Å². The predicted molar refractivity (Wildman–Crippen MR) is 98.5 cm³/mol. The van der Waals surface area contributed by atoms with Crippen molar-refractivity contribution in [3.8, 4) is 5.75 Å². The molecular formula is C18H21ClF3NOS. The molecule has 0 heterocycles. The maximum atomic E-state index is 12.2. The van der Waals surface area contributed by atoms with Crippen molar-refractivity contribution in [3.63, 3.8) is 0 Å². The number of hydrogen-bond acceptors (Lipinski definition) is 3. The normalized spacial score (nSPS) is 13.1. The number of thioether (sulfide) groups is 1. The average Bonchev–Trinajstić information content (AvgIpc) is 2.44. The molecule has 7 heteroatoms. The lowest BCUT2D eigenvalue weighted by Crippen LogP contribution is -2.17. The number of hydrogen-bond donors (Lipinski definition) is 1. The van der Waals surface area contributed by atoms with Crippen LogP contribution in [0.2, 0.25) is 0 Å². The van der Waals surface area contributed by atoms with Gasteiger partial charge in [-0.05, 0) is 29.3 Å². The maximum absolute atomic E-state index is 12.2. The van der Waals surface area contributed by atoms with E-state index in [-0.39, 0.29) is 22.9 Å². The molecule has 0 amide bonds. The molecule has 2 aromatic rings. The van der Waals surface area contributed by atoms with Crippen LogP contribution in [0.3, 0.4) is 0 Å². The van der Waals surface area contributed by atoms with Crippen molar-refractivity contribution in [2.24, 2.45) is 5.73 Å². The van der Waals surface area contributed by atoms with Crippen molar-refractivity contribution < 1.29 is 17.9 Å². The van der Waals surface area contributed by atoms with Crippen LogP contribution in [0.4, 0.5) is 13.2 Å². The summed E-state index contributed by atoms with van der Waals surface area (Å²) in [6, 6.07) is 13.1. The summed E-state index contributed by atoms with van der Waals surface area (Å²) in [6.07, 6.45) is -4.69. The van der Waals surface area contributed by atoms with Gasteiger partial charge in [0, 0.05) is 9.64 Å². The molecule has 0 aliphatic carbocycles. The summed E-state index contributed by atoms with van der Waals surface area (Å²) in [5.41, 5.74) is 8.01. The van der Waals surface area contributed by atoms with Gasteiger partial charge < -0.3 is 10.5 Å². The zero-order chi connectivity index (χ0) is 18.0. The van der Waals surface area contributed by atoms with Crippen molar-refractivity contribution in [1.29, 1.82) is 0 Å². The first-order chi connectivity index (χ1) is 11.1. The second-order valence-corrected chi connectivity index (χ2v) is 8.22. The third kappa shape index (κ3) is 6.80. The lowest BCUT2D eigenvalue weighted by atomic mass is 9.99. The smallest absolute Gasteiger partial charge is 0.406 e. The first kappa shape index (κ1) is 21.7. The van der Waals surface area contributed by atoms with Crippen molar-refractivity contribution in [2.75, 3.05) is 0 Å². The van der Waals surface area contributed by atoms with E-state index in [4.69, 9.17) is 5.73 Å². The highest BCUT2D eigenvalue weighted by Crippen LogP contribution is 2.37. The van der Waals surface area contributed by atoms with E-state index < -0.39 is 12.4 Å². The molecule has 2 N–H and O–H groups in total. The second-order valence-electron chi connectivity index (χ2n) is 6.35. The highest BCUT2D eigenvalue weighted by molar-refractivity contribution is 8.00. The number of halogens is 4. The van der Waals surface area contributed by atoms with Crippen LogP contribution in [0.1, 0.15) is 37.9 Å². The molecule has 0 bridgehead atoms. The van der Waals surface area contributed by atoms with Crippen LogP contribution in [0.5, 0.6) is 5.75 Å². The fourth-order valence-corrected chi connectivity index (χ4v) is 3.34. The SMILES string of the molecule is CC(C)(C)Sc1ccccc1[C@@H](N)c1ccc(OC(F)(F)F)cc1.Cl. The molecule has 0 aliphatic heterocycles. The van der Waals surface area contributed by atoms with Gasteiger partial charge in [0.25, 0.3) is 0 Å². The van der Waals surface area contributed by atoms with Gasteiger partial charge in [0.1, 0.15) is 5.75 Å². The molecular weight excluding hydrogens is 371 g/mol. The Bertz CT molecular complexity index is 684. The minimum atomic E-state index is -4.69. The Balaban J connectivity index is 0.00000312. The van der Waals surface area contributed by atoms with E-state index in [1.165, 1.54) is 12.1 Å². The largest absolute Gasteiger partial charge is 0.573 e. The molecule has 2 aromatic carbocycles. The standard InChI is InChI=1S/C18H20F3NOS.ClH/c1-17(2,3)24-15-7-5-4-6-14(15)16(22)12-8-10-13(11-9-12)23-18(19,20)21;/h4-11,16H,22H2,1-3H3;1H/t16-;/m0./s1. The predicted octanol–water partition coefficient (Wildman–Crippen LogP) is 5.95. The van der Waals surface area contributed by atoms with Crippen LogP contribution in [0.15, 0.2) is 53.4 Å². The average molecular weight is 392 g/mol. The third-order valence-corrected chi connectivity index (χ3v) is 4.35. The van der Waals surface area contributed by atoms with E-state index in [0.717, 1.165) is 16.0 Å². The summed E-state index contributed by atoms with van der Waals surface area (Å²) in [6.45, 7) is 6.34. The molecule has 0 aromatic heterocycles. The monoisotopic (exact) mass is 391 g/mol. The first-order valence-corrected chi connectivity index (χ1v) is 8.26. The fraction of sp³-hybridized carbons (Fsp3) is 0.333. The van der Waals surface area contributed by atoms with Crippen molar-refractivity contribution in [2.45, 2.75) is 42.8 Å². The Hall–Kier alpha value is -1.37. The van der Waals surface area contributed by atoms with E-state index in [1.54, 1.807) is 23.9 Å². The van der Waals surface area contributed by atoms with Gasteiger partial charge in [0.15, 0.2) is 0 Å². The number of benzene rings is 2. The van der Waals surface area contributed by atoms with Gasteiger partial charge in [-0.25, -0.2) is 0 Å². The van der Waals surface area contributed by atoms with E-state index in [1.807, 2.05) is 24.3 Å². The molecule has 138 valence electrons. The van der Waals surface area contributed by atoms with Gasteiger partial charge in [-0.2, -0.15) is 0 Å². The van der Waals surface area contributed by atoms with Crippen LogP contribution >= 0.6 is 24.2 Å². The third-order valence-electron chi connectivity index (χ3n) is 3.14. The van der Waals surface area contributed by atoms with E-state index in [2.05, 4.69) is 25.5 Å².